The molecule has 0 amide bonds. The van der Waals surface area contributed by atoms with Crippen molar-refractivity contribution in [1.82, 2.24) is 9.13 Å². The van der Waals surface area contributed by atoms with Gasteiger partial charge in [0.25, 0.3) is 0 Å². The normalized spacial score (nSPS) is 11.1. The molecule has 2 aromatic heterocycles. The fraction of sp³-hybridized carbons (Fsp3) is 0. The maximum absolute atomic E-state index is 9.66. The Labute approximate surface area is 393 Å². The van der Waals surface area contributed by atoms with Crippen LogP contribution in [0.15, 0.2) is 231 Å². The largest absolute Gasteiger partial charge is 0.310 e. The van der Waals surface area contributed by atoms with Crippen LogP contribution in [0.5, 0.6) is 0 Å². The van der Waals surface area contributed by atoms with Crippen LogP contribution in [0.4, 0.5) is 34.1 Å². The predicted octanol–water partition coefficient (Wildman–Crippen LogP) is 15.8. The van der Waals surface area contributed by atoms with Crippen LogP contribution < -0.4 is 9.80 Å². The Hall–Kier alpha value is -9.80. The number of para-hydroxylation sites is 4. The van der Waals surface area contributed by atoms with E-state index in [0.717, 1.165) is 94.9 Å². The van der Waals surface area contributed by atoms with Gasteiger partial charge >= 0.3 is 0 Å². The summed E-state index contributed by atoms with van der Waals surface area (Å²) < 4.78 is 4.57. The molecule has 0 saturated heterocycles. The molecule has 0 aliphatic rings. The van der Waals surface area contributed by atoms with Gasteiger partial charge in [0.2, 0.25) is 0 Å². The molecule has 6 nitrogen and oxygen atoms in total. The SMILES string of the molecule is N#Cc1ccc(N(c2c#cc3c(c2)c2ccccc2n3-c2ccccc2)c2ccc(-c3ccc(N(c4ccc(C#N)cc4)c4ccc5c(c4)c4ccccc4n5-c4ccccc4)cc3)cc2)cc1. The number of fused-ring (bicyclic) bond motifs is 6. The monoisotopic (exact) mass is 866 g/mol. The Balaban J connectivity index is 0.917. The summed E-state index contributed by atoms with van der Waals surface area (Å²) in [7, 11) is 0. The number of hydrogen-bond acceptors (Lipinski definition) is 4. The number of anilines is 6. The first-order valence-corrected chi connectivity index (χ1v) is 22.5. The van der Waals surface area contributed by atoms with Crippen molar-refractivity contribution in [2.45, 2.75) is 0 Å². The highest BCUT2D eigenvalue weighted by Gasteiger charge is 2.20. The van der Waals surface area contributed by atoms with Crippen molar-refractivity contribution in [3.63, 3.8) is 0 Å². The molecular formula is C62H38N6. The van der Waals surface area contributed by atoms with E-state index < -0.39 is 0 Å². The standard InChI is InChI=1S/C62H38N6/c63-41-43-19-27-49(28-20-43)65(53-35-37-61-57(39-53)55-15-7-9-17-59(55)67(61)47-11-3-1-4-12-47)51-31-23-45(24-32-51)46-25-33-52(34-26-46)66(50-29-21-44(42-64)22-30-50)54-36-38-62-58(40-54)56-16-8-10-18-60(56)68(62)48-13-5-2-6-14-48/h1-35,37,39-40H. The van der Waals surface area contributed by atoms with Crippen molar-refractivity contribution >= 4 is 77.7 Å². The van der Waals surface area contributed by atoms with Gasteiger partial charge in [-0.15, -0.1) is 0 Å². The van der Waals surface area contributed by atoms with Crippen LogP contribution in [-0.2, 0) is 0 Å². The summed E-state index contributed by atoms with van der Waals surface area (Å²) in [5.74, 6) is 0. The maximum Gasteiger partial charge on any atom is 0.106 e. The number of hydrogen-bond donors (Lipinski definition) is 0. The first-order chi connectivity index (χ1) is 33.6. The van der Waals surface area contributed by atoms with E-state index in [0.29, 0.717) is 11.1 Å². The van der Waals surface area contributed by atoms with Gasteiger partial charge in [0.05, 0.1) is 45.5 Å². The number of aromatic nitrogens is 2. The fourth-order valence-electron chi connectivity index (χ4n) is 9.60. The van der Waals surface area contributed by atoms with Gasteiger partial charge in [0.15, 0.2) is 0 Å². The highest BCUT2D eigenvalue weighted by molar-refractivity contribution is 6.11. The minimum Gasteiger partial charge on any atom is -0.310 e. The molecule has 0 fully saturated rings. The smallest absolute Gasteiger partial charge is 0.106 e. The van der Waals surface area contributed by atoms with E-state index in [1.807, 2.05) is 60.7 Å². The first kappa shape index (κ1) is 39.8. The Bertz CT molecular complexity index is 3630. The second-order valence-corrected chi connectivity index (χ2v) is 16.7. The molecule has 0 aliphatic carbocycles. The van der Waals surface area contributed by atoms with E-state index in [2.05, 4.69) is 213 Å². The molecule has 12 rings (SSSR count). The van der Waals surface area contributed by atoms with Crippen LogP contribution in [0.25, 0.3) is 66.1 Å². The van der Waals surface area contributed by atoms with E-state index in [1.54, 1.807) is 0 Å². The highest BCUT2D eigenvalue weighted by atomic mass is 15.1. The van der Waals surface area contributed by atoms with Crippen LogP contribution >= 0.6 is 0 Å². The highest BCUT2D eigenvalue weighted by Crippen LogP contribution is 2.42. The van der Waals surface area contributed by atoms with Gasteiger partial charge in [-0.25, -0.2) is 0 Å². The molecule has 0 N–H and O–H groups in total. The summed E-state index contributed by atoms with van der Waals surface area (Å²) in [6, 6.07) is 91.0. The number of rotatable bonds is 9. The average molecular weight is 867 g/mol. The van der Waals surface area contributed by atoms with Crippen molar-refractivity contribution in [2.75, 3.05) is 9.80 Å². The molecule has 68 heavy (non-hydrogen) atoms. The van der Waals surface area contributed by atoms with Gasteiger partial charge < -0.3 is 18.9 Å². The Morgan fingerprint density at radius 3 is 1.31 bits per heavy atom. The quantitative estimate of drug-likeness (QED) is 0.145. The van der Waals surface area contributed by atoms with Crippen molar-refractivity contribution in [3.8, 4) is 34.6 Å². The summed E-state index contributed by atoms with van der Waals surface area (Å²) in [5, 5.41) is 23.9. The summed E-state index contributed by atoms with van der Waals surface area (Å²) in [4.78, 5) is 4.42. The maximum atomic E-state index is 9.66. The van der Waals surface area contributed by atoms with Crippen LogP contribution in [0.3, 0.4) is 0 Å². The van der Waals surface area contributed by atoms with E-state index in [4.69, 9.17) is 0 Å². The molecule has 0 unspecified atom stereocenters. The van der Waals surface area contributed by atoms with E-state index >= 15 is 0 Å². The third-order valence-corrected chi connectivity index (χ3v) is 12.8. The molecule has 2 heterocycles. The van der Waals surface area contributed by atoms with Crippen molar-refractivity contribution in [2.24, 2.45) is 0 Å². The van der Waals surface area contributed by atoms with Crippen LogP contribution in [0, 0.1) is 34.8 Å². The molecule has 12 aromatic rings. The van der Waals surface area contributed by atoms with Gasteiger partial charge in [-0.3, -0.25) is 0 Å². The van der Waals surface area contributed by atoms with Gasteiger partial charge in [-0.2, -0.15) is 10.5 Å². The van der Waals surface area contributed by atoms with Gasteiger partial charge in [-0.05, 0) is 157 Å². The van der Waals surface area contributed by atoms with E-state index in [-0.39, 0.29) is 0 Å². The summed E-state index contributed by atoms with van der Waals surface area (Å²) >= 11 is 0. The zero-order chi connectivity index (χ0) is 45.6. The third kappa shape index (κ3) is 6.84. The first-order valence-electron chi connectivity index (χ1n) is 22.5. The molecule has 6 heteroatoms. The molecule has 0 radical (unpaired) electrons. The number of benzene rings is 9. The third-order valence-electron chi connectivity index (χ3n) is 12.8. The van der Waals surface area contributed by atoms with Crippen LogP contribution in [0.2, 0.25) is 0 Å². The number of nitrogens with zero attached hydrogens (tertiary/aromatic N) is 6. The molecule has 0 saturated carbocycles. The van der Waals surface area contributed by atoms with Crippen LogP contribution in [0.1, 0.15) is 11.1 Å². The summed E-state index contributed by atoms with van der Waals surface area (Å²) in [5.41, 5.74) is 15.5. The lowest BCUT2D eigenvalue weighted by molar-refractivity contribution is 1.18. The van der Waals surface area contributed by atoms with Gasteiger partial charge in [0.1, 0.15) is 5.52 Å². The topological polar surface area (TPSA) is 63.9 Å². The summed E-state index contributed by atoms with van der Waals surface area (Å²) in [6.45, 7) is 0. The zero-order valence-corrected chi connectivity index (χ0v) is 36.6. The lowest BCUT2D eigenvalue weighted by Gasteiger charge is -2.26. The Kier molecular flexibility index (Phi) is 9.73. The fourth-order valence-corrected chi connectivity index (χ4v) is 9.60. The lowest BCUT2D eigenvalue weighted by Crippen LogP contribution is -2.10. The second-order valence-electron chi connectivity index (χ2n) is 16.7. The molecule has 0 aliphatic heterocycles. The molecular weight excluding hydrogens is 829 g/mol. The zero-order valence-electron chi connectivity index (χ0n) is 36.6. The molecule has 0 atom stereocenters. The van der Waals surface area contributed by atoms with E-state index in [1.165, 1.54) is 5.39 Å². The molecule has 0 bridgehead atoms. The molecule has 316 valence electrons. The van der Waals surface area contributed by atoms with E-state index in [9.17, 15) is 10.5 Å². The minimum absolute atomic E-state index is 0.596. The van der Waals surface area contributed by atoms with Gasteiger partial charge in [0, 0.05) is 61.4 Å². The second kappa shape index (κ2) is 16.6. The minimum atomic E-state index is 0.596. The van der Waals surface area contributed by atoms with Gasteiger partial charge in [-0.1, -0.05) is 97.1 Å². The Morgan fingerprint density at radius 2 is 0.765 bits per heavy atom. The number of nitriles is 2. The molecule has 0 spiro atoms. The van der Waals surface area contributed by atoms with Crippen molar-refractivity contribution < 1.29 is 0 Å². The van der Waals surface area contributed by atoms with Crippen LogP contribution in [-0.4, -0.2) is 9.13 Å². The summed E-state index contributed by atoms with van der Waals surface area (Å²) in [6.07, 6.45) is 0. The molecule has 10 aromatic carbocycles. The van der Waals surface area contributed by atoms with Crippen molar-refractivity contribution in [1.29, 1.82) is 10.5 Å². The predicted molar refractivity (Wildman–Crippen MR) is 277 cm³/mol. The van der Waals surface area contributed by atoms with Crippen molar-refractivity contribution in [3.05, 3.63) is 254 Å². The Morgan fingerprint density at radius 1 is 0.338 bits per heavy atom. The average Bonchev–Trinajstić information content (AvgIpc) is 3.92. The lowest BCUT2D eigenvalue weighted by atomic mass is 10.0.